The van der Waals surface area contributed by atoms with E-state index in [9.17, 15) is 14.4 Å². The number of benzene rings is 1. The maximum atomic E-state index is 13.0. The lowest BCUT2D eigenvalue weighted by Crippen LogP contribution is -2.45. The Labute approximate surface area is 217 Å². The van der Waals surface area contributed by atoms with Crippen molar-refractivity contribution < 1.29 is 38.1 Å². The van der Waals surface area contributed by atoms with Gasteiger partial charge in [-0.25, -0.2) is 9.78 Å². The lowest BCUT2D eigenvalue weighted by atomic mass is 9.98. The molecule has 1 N–H and O–H groups in total. The van der Waals surface area contributed by atoms with Crippen LogP contribution in [-0.4, -0.2) is 55.0 Å². The first kappa shape index (κ1) is 29.4. The lowest BCUT2D eigenvalue weighted by molar-refractivity contribution is -0.158. The summed E-state index contributed by atoms with van der Waals surface area (Å²) >= 11 is 0. The first-order chi connectivity index (χ1) is 17.7. The van der Waals surface area contributed by atoms with Gasteiger partial charge in [-0.1, -0.05) is 45.4 Å². The fraction of sp³-hybridized carbons (Fsp3) is 0.481. The van der Waals surface area contributed by atoms with Crippen LogP contribution in [0.25, 0.3) is 0 Å². The van der Waals surface area contributed by atoms with E-state index in [2.05, 4.69) is 10.3 Å². The highest BCUT2D eigenvalue weighted by Crippen LogP contribution is 2.29. The number of ether oxygens (including phenoxy) is 5. The number of amides is 1. The number of nitrogens with zero attached hydrogens (tertiary/aromatic N) is 1. The van der Waals surface area contributed by atoms with Gasteiger partial charge in [0.25, 0.3) is 5.91 Å². The molecule has 1 aromatic heterocycles. The fourth-order valence-corrected chi connectivity index (χ4v) is 3.51. The molecule has 0 saturated carbocycles. The summed E-state index contributed by atoms with van der Waals surface area (Å²) in [5.74, 6) is -0.915. The number of aromatic nitrogens is 1. The predicted molar refractivity (Wildman–Crippen MR) is 135 cm³/mol. The van der Waals surface area contributed by atoms with Gasteiger partial charge >= 0.3 is 11.9 Å². The van der Waals surface area contributed by atoms with Crippen molar-refractivity contribution in [3.63, 3.8) is 0 Å². The summed E-state index contributed by atoms with van der Waals surface area (Å²) in [5, 5.41) is 2.59. The summed E-state index contributed by atoms with van der Waals surface area (Å²) in [7, 11) is 1.40. The first-order valence-corrected chi connectivity index (χ1v) is 12.2. The zero-order valence-corrected chi connectivity index (χ0v) is 22.2. The van der Waals surface area contributed by atoms with E-state index in [1.807, 2.05) is 51.1 Å². The Hall–Kier alpha value is -3.82. The average Bonchev–Trinajstić information content (AvgIpc) is 2.87. The molecule has 1 heterocycles. The number of methoxy groups -OCH3 is 1. The van der Waals surface area contributed by atoms with Crippen molar-refractivity contribution in [2.75, 3.05) is 13.9 Å². The quantitative estimate of drug-likeness (QED) is 0.294. The van der Waals surface area contributed by atoms with Crippen LogP contribution in [0.2, 0.25) is 0 Å². The summed E-state index contributed by atoms with van der Waals surface area (Å²) in [4.78, 5) is 41.1. The van der Waals surface area contributed by atoms with Gasteiger partial charge in [-0.2, -0.15) is 0 Å². The van der Waals surface area contributed by atoms with E-state index in [4.69, 9.17) is 23.7 Å². The minimum Gasteiger partial charge on any atom is -0.493 e. The SMILES string of the molecule is CCC[C@@H](OC(=O)[C@H](C)NC(=O)c1nccc(OC)c1OCOC(C)=O)[C@H](Oc1ccccc1)C(C)C. The summed E-state index contributed by atoms with van der Waals surface area (Å²) in [5.41, 5.74) is -0.135. The summed E-state index contributed by atoms with van der Waals surface area (Å²) < 4.78 is 27.5. The molecule has 0 bridgehead atoms. The molecule has 0 unspecified atom stereocenters. The molecule has 0 aliphatic carbocycles. The molecule has 0 radical (unpaired) electrons. The first-order valence-electron chi connectivity index (χ1n) is 12.2. The molecule has 0 saturated heterocycles. The second-order valence-electron chi connectivity index (χ2n) is 8.69. The van der Waals surface area contributed by atoms with Crippen molar-refractivity contribution >= 4 is 17.8 Å². The van der Waals surface area contributed by atoms with Crippen molar-refractivity contribution in [1.82, 2.24) is 10.3 Å². The van der Waals surface area contributed by atoms with Crippen LogP contribution < -0.4 is 19.5 Å². The standard InChI is InChI=1S/C27H36N2O8/c1-7-11-22(24(17(2)3)36-20-12-9-8-10-13-20)37-27(32)18(4)29-26(31)23-25(35-16-34-19(5)30)21(33-6)14-15-28-23/h8-10,12-15,17-18,22,24H,7,11,16H2,1-6H3,(H,29,31)/t18-,22+,24+/m0/s1. The number of nitrogens with one attached hydrogen (secondary N) is 1. The molecule has 3 atom stereocenters. The molecule has 1 amide bonds. The third kappa shape index (κ3) is 8.96. The van der Waals surface area contributed by atoms with E-state index in [0.717, 1.165) is 6.42 Å². The Balaban J connectivity index is 2.13. The highest BCUT2D eigenvalue weighted by Gasteiger charge is 2.32. The third-order valence-corrected chi connectivity index (χ3v) is 5.35. The molecule has 0 fully saturated rings. The van der Waals surface area contributed by atoms with E-state index in [-0.39, 0.29) is 29.2 Å². The molecule has 1 aromatic carbocycles. The van der Waals surface area contributed by atoms with Crippen LogP contribution in [0.15, 0.2) is 42.6 Å². The predicted octanol–water partition coefficient (Wildman–Crippen LogP) is 3.92. The molecule has 0 aliphatic rings. The van der Waals surface area contributed by atoms with E-state index in [1.165, 1.54) is 33.2 Å². The molecule has 0 aliphatic heterocycles. The molecule has 10 heteroatoms. The number of hydrogen-bond donors (Lipinski definition) is 1. The number of carbonyl (C=O) groups is 3. The monoisotopic (exact) mass is 516 g/mol. The lowest BCUT2D eigenvalue weighted by Gasteiger charge is -2.31. The highest BCUT2D eigenvalue weighted by atomic mass is 16.7. The number of para-hydroxylation sites is 1. The molecule has 2 aromatic rings. The zero-order valence-electron chi connectivity index (χ0n) is 22.2. The Kier molecular flexibility index (Phi) is 11.7. The molecular weight excluding hydrogens is 480 g/mol. The topological polar surface area (TPSA) is 122 Å². The number of hydrogen-bond acceptors (Lipinski definition) is 9. The van der Waals surface area contributed by atoms with E-state index >= 15 is 0 Å². The van der Waals surface area contributed by atoms with Gasteiger partial charge in [0.2, 0.25) is 6.79 Å². The maximum absolute atomic E-state index is 13.0. The van der Waals surface area contributed by atoms with E-state index in [1.54, 1.807) is 0 Å². The second-order valence-corrected chi connectivity index (χ2v) is 8.69. The van der Waals surface area contributed by atoms with Crippen LogP contribution in [0.4, 0.5) is 0 Å². The number of carbonyl (C=O) groups excluding carboxylic acids is 3. The minimum atomic E-state index is -0.995. The normalized spacial score (nSPS) is 13.2. The second kappa shape index (κ2) is 14.7. The van der Waals surface area contributed by atoms with Crippen LogP contribution in [0.1, 0.15) is 57.9 Å². The Morgan fingerprint density at radius 3 is 2.35 bits per heavy atom. The van der Waals surface area contributed by atoms with Crippen LogP contribution in [-0.2, 0) is 19.1 Å². The molecule has 10 nitrogen and oxygen atoms in total. The number of rotatable bonds is 14. The van der Waals surface area contributed by atoms with Crippen molar-refractivity contribution in [2.45, 2.75) is 65.7 Å². The van der Waals surface area contributed by atoms with E-state index < -0.39 is 36.8 Å². The van der Waals surface area contributed by atoms with Gasteiger partial charge < -0.3 is 29.0 Å². The third-order valence-electron chi connectivity index (χ3n) is 5.35. The van der Waals surface area contributed by atoms with Crippen molar-refractivity contribution in [2.24, 2.45) is 5.92 Å². The highest BCUT2D eigenvalue weighted by molar-refractivity contribution is 5.98. The van der Waals surface area contributed by atoms with Gasteiger partial charge in [0.15, 0.2) is 17.2 Å². The van der Waals surface area contributed by atoms with Gasteiger partial charge in [0.1, 0.15) is 24.0 Å². The van der Waals surface area contributed by atoms with Crippen LogP contribution in [0.5, 0.6) is 17.2 Å². The van der Waals surface area contributed by atoms with Gasteiger partial charge in [0.05, 0.1) is 7.11 Å². The van der Waals surface area contributed by atoms with Crippen LogP contribution in [0.3, 0.4) is 0 Å². The van der Waals surface area contributed by atoms with Crippen LogP contribution >= 0.6 is 0 Å². The Morgan fingerprint density at radius 2 is 1.76 bits per heavy atom. The summed E-state index contributed by atoms with van der Waals surface area (Å²) in [6.07, 6.45) is 1.83. The van der Waals surface area contributed by atoms with Gasteiger partial charge in [0, 0.05) is 19.2 Å². The Morgan fingerprint density at radius 1 is 1.05 bits per heavy atom. The van der Waals surface area contributed by atoms with E-state index in [0.29, 0.717) is 12.2 Å². The largest absolute Gasteiger partial charge is 0.493 e. The number of esters is 2. The zero-order chi connectivity index (χ0) is 27.4. The Bertz CT molecular complexity index is 1030. The van der Waals surface area contributed by atoms with Gasteiger partial charge in [-0.15, -0.1) is 0 Å². The number of pyridine rings is 1. The van der Waals surface area contributed by atoms with Crippen LogP contribution in [0, 0.1) is 5.92 Å². The molecular formula is C27H36N2O8. The molecule has 37 heavy (non-hydrogen) atoms. The van der Waals surface area contributed by atoms with Crippen molar-refractivity contribution in [3.05, 3.63) is 48.3 Å². The summed E-state index contributed by atoms with van der Waals surface area (Å²) in [6.45, 7) is 8.31. The van der Waals surface area contributed by atoms with Crippen molar-refractivity contribution in [3.8, 4) is 17.2 Å². The van der Waals surface area contributed by atoms with Crippen molar-refractivity contribution in [1.29, 1.82) is 0 Å². The van der Waals surface area contributed by atoms with Gasteiger partial charge in [-0.05, 0) is 31.4 Å². The molecule has 2 rings (SSSR count). The summed E-state index contributed by atoms with van der Waals surface area (Å²) in [6, 6.07) is 9.85. The molecule has 0 spiro atoms. The fourth-order valence-electron chi connectivity index (χ4n) is 3.51. The molecule has 202 valence electrons. The minimum absolute atomic E-state index is 0.0238. The smallest absolute Gasteiger partial charge is 0.328 e. The maximum Gasteiger partial charge on any atom is 0.328 e. The van der Waals surface area contributed by atoms with Gasteiger partial charge in [-0.3, -0.25) is 9.59 Å². The average molecular weight is 517 g/mol.